The van der Waals surface area contributed by atoms with Gasteiger partial charge in [-0.3, -0.25) is 5.10 Å². The van der Waals surface area contributed by atoms with Gasteiger partial charge in [-0.15, -0.1) is 0 Å². The highest BCUT2D eigenvalue weighted by Gasteiger charge is 2.28. The third-order valence-electron chi connectivity index (χ3n) is 2.90. The summed E-state index contributed by atoms with van der Waals surface area (Å²) in [5.74, 6) is 0.924. The summed E-state index contributed by atoms with van der Waals surface area (Å²) in [6.07, 6.45) is 4.26. The number of nitrogens with zero attached hydrogens (tertiary/aromatic N) is 2. The van der Waals surface area contributed by atoms with Crippen LogP contribution in [0.4, 0.5) is 0 Å². The molecule has 18 heavy (non-hydrogen) atoms. The van der Waals surface area contributed by atoms with Crippen LogP contribution in [0.5, 0.6) is 0 Å². The van der Waals surface area contributed by atoms with Crippen LogP contribution in [0.15, 0.2) is 11.2 Å². The smallest absolute Gasteiger partial charge is 0.260 e. The number of sulfonamides is 1. The average molecular weight is 292 g/mol. The van der Waals surface area contributed by atoms with Crippen molar-refractivity contribution in [3.05, 3.63) is 11.8 Å². The normalized spacial score (nSPS) is 14.1. The largest absolute Gasteiger partial charge is 0.326 e. The fourth-order valence-electron chi connectivity index (χ4n) is 1.52. The van der Waals surface area contributed by atoms with Crippen LogP contribution in [0, 0.1) is 0 Å². The third kappa shape index (κ3) is 3.25. The molecule has 1 heterocycles. The number of aromatic nitrogens is 2. The van der Waals surface area contributed by atoms with Crippen LogP contribution >= 0.6 is 11.8 Å². The van der Waals surface area contributed by atoms with Gasteiger partial charge in [0.2, 0.25) is 0 Å². The monoisotopic (exact) mass is 292 g/mol. The van der Waals surface area contributed by atoms with Gasteiger partial charge in [0.05, 0.1) is 6.20 Å². The molecule has 1 aromatic rings. The highest BCUT2D eigenvalue weighted by atomic mass is 32.2. The summed E-state index contributed by atoms with van der Waals surface area (Å²) in [5, 5.41) is 6.37. The molecule has 6 nitrogen and oxygen atoms in total. The molecule has 0 bridgehead atoms. The fourth-order valence-corrected chi connectivity index (χ4v) is 3.60. The van der Waals surface area contributed by atoms with Crippen LogP contribution in [0.1, 0.15) is 18.9 Å². The molecule has 0 aliphatic carbocycles. The van der Waals surface area contributed by atoms with Gasteiger partial charge < -0.3 is 5.73 Å². The molecule has 0 fully saturated rings. The van der Waals surface area contributed by atoms with Crippen molar-refractivity contribution in [3.63, 3.8) is 0 Å². The van der Waals surface area contributed by atoms with E-state index in [1.807, 2.05) is 13.2 Å². The van der Waals surface area contributed by atoms with E-state index in [0.29, 0.717) is 5.56 Å². The highest BCUT2D eigenvalue weighted by Crippen LogP contribution is 2.19. The van der Waals surface area contributed by atoms with Gasteiger partial charge in [-0.2, -0.15) is 21.2 Å². The zero-order valence-corrected chi connectivity index (χ0v) is 12.5. The van der Waals surface area contributed by atoms with Crippen LogP contribution < -0.4 is 5.73 Å². The minimum absolute atomic E-state index is 0.0589. The first kappa shape index (κ1) is 15.5. The molecule has 1 unspecified atom stereocenters. The van der Waals surface area contributed by atoms with Crippen LogP contribution in [0.25, 0.3) is 0 Å². The van der Waals surface area contributed by atoms with Crippen molar-refractivity contribution in [2.24, 2.45) is 5.73 Å². The lowest BCUT2D eigenvalue weighted by Crippen LogP contribution is -2.36. The Morgan fingerprint density at radius 2 is 2.28 bits per heavy atom. The second-order valence-electron chi connectivity index (χ2n) is 4.08. The predicted molar refractivity (Wildman–Crippen MR) is 73.9 cm³/mol. The van der Waals surface area contributed by atoms with Crippen molar-refractivity contribution in [2.75, 3.05) is 19.1 Å². The molecule has 1 rings (SSSR count). The van der Waals surface area contributed by atoms with Crippen molar-refractivity contribution in [1.29, 1.82) is 0 Å². The molecule has 0 saturated carbocycles. The molecule has 0 saturated heterocycles. The van der Waals surface area contributed by atoms with Gasteiger partial charge in [0.25, 0.3) is 10.0 Å². The maximum atomic E-state index is 12.4. The average Bonchev–Trinajstić information content (AvgIpc) is 2.83. The lowest BCUT2D eigenvalue weighted by Gasteiger charge is -2.23. The summed E-state index contributed by atoms with van der Waals surface area (Å²) in [6, 6.07) is -0.0589. The maximum Gasteiger partial charge on any atom is 0.260 e. The standard InChI is InChI=1S/C10H20N4O2S2/c1-8(4-5-17-3)14(2)18(15,16)10-9(6-11)7-12-13-10/h7-8H,4-6,11H2,1-3H3,(H,12,13). The van der Waals surface area contributed by atoms with Gasteiger partial charge in [-0.05, 0) is 25.4 Å². The van der Waals surface area contributed by atoms with Gasteiger partial charge in [0.15, 0.2) is 5.03 Å². The Morgan fingerprint density at radius 1 is 1.61 bits per heavy atom. The van der Waals surface area contributed by atoms with Crippen LogP contribution in [-0.4, -0.2) is 48.0 Å². The van der Waals surface area contributed by atoms with E-state index in [-0.39, 0.29) is 17.6 Å². The van der Waals surface area contributed by atoms with E-state index in [1.54, 1.807) is 18.8 Å². The topological polar surface area (TPSA) is 92.1 Å². The third-order valence-corrected chi connectivity index (χ3v) is 5.53. The fraction of sp³-hybridized carbons (Fsp3) is 0.700. The first-order chi connectivity index (χ1) is 8.45. The van der Waals surface area contributed by atoms with Gasteiger partial charge in [0, 0.05) is 25.2 Å². The number of H-pyrrole nitrogens is 1. The van der Waals surface area contributed by atoms with Crippen molar-refractivity contribution in [2.45, 2.75) is 31.0 Å². The molecule has 0 amide bonds. The molecule has 0 aliphatic rings. The first-order valence-electron chi connectivity index (χ1n) is 5.64. The Balaban J connectivity index is 2.92. The Morgan fingerprint density at radius 3 is 2.83 bits per heavy atom. The zero-order valence-electron chi connectivity index (χ0n) is 10.9. The zero-order chi connectivity index (χ0) is 13.8. The Hall–Kier alpha value is -0.570. The molecule has 8 heteroatoms. The molecule has 0 aliphatic heterocycles. The molecule has 3 N–H and O–H groups in total. The first-order valence-corrected chi connectivity index (χ1v) is 8.47. The van der Waals surface area contributed by atoms with Crippen molar-refractivity contribution in [3.8, 4) is 0 Å². The molecule has 0 aromatic carbocycles. The van der Waals surface area contributed by atoms with E-state index >= 15 is 0 Å². The van der Waals surface area contributed by atoms with E-state index in [2.05, 4.69) is 10.2 Å². The second-order valence-corrected chi connectivity index (χ2v) is 7.00. The van der Waals surface area contributed by atoms with Gasteiger partial charge in [-0.1, -0.05) is 0 Å². The molecule has 0 spiro atoms. The van der Waals surface area contributed by atoms with E-state index in [1.165, 1.54) is 10.5 Å². The molecular formula is C10H20N4O2S2. The van der Waals surface area contributed by atoms with E-state index in [0.717, 1.165) is 12.2 Å². The predicted octanol–water partition coefficient (Wildman–Crippen LogP) is 0.630. The molecule has 104 valence electrons. The van der Waals surface area contributed by atoms with Crippen molar-refractivity contribution < 1.29 is 8.42 Å². The highest BCUT2D eigenvalue weighted by molar-refractivity contribution is 7.98. The van der Waals surface area contributed by atoms with E-state index in [9.17, 15) is 8.42 Å². The Kier molecular flexibility index (Phi) is 5.64. The van der Waals surface area contributed by atoms with Crippen molar-refractivity contribution >= 4 is 21.8 Å². The second kappa shape index (κ2) is 6.55. The van der Waals surface area contributed by atoms with Crippen molar-refractivity contribution in [1.82, 2.24) is 14.5 Å². The van der Waals surface area contributed by atoms with Crippen LogP contribution in [0.3, 0.4) is 0 Å². The molecule has 0 radical (unpaired) electrons. The summed E-state index contributed by atoms with van der Waals surface area (Å²) in [5.41, 5.74) is 6.01. The molecular weight excluding hydrogens is 272 g/mol. The minimum Gasteiger partial charge on any atom is -0.326 e. The summed E-state index contributed by atoms with van der Waals surface area (Å²) in [6.45, 7) is 2.05. The number of nitrogens with one attached hydrogen (secondary N) is 1. The summed E-state index contributed by atoms with van der Waals surface area (Å²) in [4.78, 5) is 0. The molecule has 1 aromatic heterocycles. The number of rotatable bonds is 7. The summed E-state index contributed by atoms with van der Waals surface area (Å²) >= 11 is 1.70. The number of aromatic amines is 1. The minimum atomic E-state index is -3.54. The van der Waals surface area contributed by atoms with E-state index < -0.39 is 10.0 Å². The lowest BCUT2D eigenvalue weighted by molar-refractivity contribution is 0.380. The Labute approximate surface area is 112 Å². The van der Waals surface area contributed by atoms with Crippen LogP contribution in [0.2, 0.25) is 0 Å². The Bertz CT molecular complexity index is 472. The van der Waals surface area contributed by atoms with E-state index in [4.69, 9.17) is 5.73 Å². The number of hydrogen-bond acceptors (Lipinski definition) is 5. The summed E-state index contributed by atoms with van der Waals surface area (Å²) in [7, 11) is -1.96. The number of nitrogens with two attached hydrogens (primary N) is 1. The SMILES string of the molecule is CSCCC(C)N(C)S(=O)(=O)c1[nH]ncc1CN. The number of thioether (sulfide) groups is 1. The van der Waals surface area contributed by atoms with Crippen LogP contribution in [-0.2, 0) is 16.6 Å². The van der Waals surface area contributed by atoms with Gasteiger partial charge in [-0.25, -0.2) is 8.42 Å². The summed E-state index contributed by atoms with van der Waals surface area (Å²) < 4.78 is 26.1. The molecule has 1 atom stereocenters. The maximum absolute atomic E-state index is 12.4. The lowest BCUT2D eigenvalue weighted by atomic mass is 10.3. The van der Waals surface area contributed by atoms with Gasteiger partial charge >= 0.3 is 0 Å². The number of hydrogen-bond donors (Lipinski definition) is 2. The quantitative estimate of drug-likeness (QED) is 0.769. The van der Waals surface area contributed by atoms with Gasteiger partial charge in [0.1, 0.15) is 0 Å².